The predicted molar refractivity (Wildman–Crippen MR) is 77.9 cm³/mol. The van der Waals surface area contributed by atoms with E-state index in [1.807, 2.05) is 16.9 Å². The van der Waals surface area contributed by atoms with Crippen LogP contribution in [0.1, 0.15) is 37.4 Å². The van der Waals surface area contributed by atoms with E-state index in [1.165, 1.54) is 19.0 Å². The molecule has 2 aromatic heterocycles. The van der Waals surface area contributed by atoms with E-state index in [9.17, 15) is 9.59 Å². The highest BCUT2D eigenvalue weighted by Gasteiger charge is 2.17. The van der Waals surface area contributed by atoms with E-state index in [0.29, 0.717) is 10.5 Å². The molecule has 2 aromatic rings. The van der Waals surface area contributed by atoms with Gasteiger partial charge in [-0.05, 0) is 34.8 Å². The molecule has 0 unspecified atom stereocenters. The second kappa shape index (κ2) is 5.40. The Morgan fingerprint density at radius 1 is 1.35 bits per heavy atom. The highest BCUT2D eigenvalue weighted by molar-refractivity contribution is 9.10. The number of hydrogen-bond acceptors (Lipinski definition) is 3. The minimum atomic E-state index is -0.423. The first-order chi connectivity index (χ1) is 9.65. The molecule has 1 fully saturated rings. The number of H-pyrrole nitrogens is 1. The van der Waals surface area contributed by atoms with Crippen molar-refractivity contribution in [2.45, 2.75) is 38.3 Å². The molecule has 0 atom stereocenters. The summed E-state index contributed by atoms with van der Waals surface area (Å²) >= 11 is 3.12. The largest absolute Gasteiger partial charge is 0.328 e. The van der Waals surface area contributed by atoms with Crippen molar-refractivity contribution in [3.05, 3.63) is 49.5 Å². The number of rotatable bonds is 3. The van der Waals surface area contributed by atoms with Crippen LogP contribution in [0.2, 0.25) is 0 Å². The van der Waals surface area contributed by atoms with Gasteiger partial charge in [0.25, 0.3) is 5.56 Å². The summed E-state index contributed by atoms with van der Waals surface area (Å²) in [6, 6.07) is 2.33. The number of nitrogens with zero attached hydrogens (tertiary/aromatic N) is 3. The number of halogens is 1. The molecule has 106 valence electrons. The summed E-state index contributed by atoms with van der Waals surface area (Å²) in [5.41, 5.74) is -0.0413. The van der Waals surface area contributed by atoms with Crippen LogP contribution in [-0.2, 0) is 6.54 Å². The molecule has 1 aliphatic rings. The molecule has 1 aliphatic carbocycles. The first-order valence-electron chi connectivity index (χ1n) is 6.67. The molecule has 0 amide bonds. The molecule has 0 aliphatic heterocycles. The standard InChI is InChI=1S/C13H15BrN4O2/c14-11-7-15-13(20)17(12(11)19)8-9-5-6-18(16-9)10-3-1-2-4-10/h5-7,10H,1-4,8H2,(H,15,20). The van der Waals surface area contributed by atoms with Crippen LogP contribution in [0, 0.1) is 0 Å². The van der Waals surface area contributed by atoms with Crippen LogP contribution < -0.4 is 11.2 Å². The van der Waals surface area contributed by atoms with Crippen molar-refractivity contribution in [2.75, 3.05) is 0 Å². The predicted octanol–water partition coefficient (Wildman–Crippen LogP) is 1.66. The third kappa shape index (κ3) is 2.49. The van der Waals surface area contributed by atoms with Gasteiger partial charge >= 0.3 is 5.69 Å². The number of aromatic amines is 1. The molecular weight excluding hydrogens is 324 g/mol. The van der Waals surface area contributed by atoms with Gasteiger partial charge in [-0.1, -0.05) is 12.8 Å². The summed E-state index contributed by atoms with van der Waals surface area (Å²) in [5.74, 6) is 0. The first kappa shape index (κ1) is 13.4. The molecule has 0 radical (unpaired) electrons. The van der Waals surface area contributed by atoms with Gasteiger partial charge < -0.3 is 4.98 Å². The number of hydrogen-bond donors (Lipinski definition) is 1. The third-order valence-corrected chi connectivity index (χ3v) is 4.27. The van der Waals surface area contributed by atoms with E-state index in [0.717, 1.165) is 23.1 Å². The lowest BCUT2D eigenvalue weighted by Gasteiger charge is -2.09. The first-order valence-corrected chi connectivity index (χ1v) is 7.46. The molecule has 0 saturated heterocycles. The SMILES string of the molecule is O=c1[nH]cc(Br)c(=O)n1Cc1ccn(C2CCCC2)n1. The van der Waals surface area contributed by atoms with E-state index in [1.54, 1.807) is 0 Å². The van der Waals surface area contributed by atoms with Crippen LogP contribution in [0.25, 0.3) is 0 Å². The van der Waals surface area contributed by atoms with Gasteiger partial charge in [0.05, 0.1) is 22.8 Å². The Morgan fingerprint density at radius 3 is 2.85 bits per heavy atom. The number of nitrogens with one attached hydrogen (secondary N) is 1. The van der Waals surface area contributed by atoms with Crippen molar-refractivity contribution in [1.82, 2.24) is 19.3 Å². The Morgan fingerprint density at radius 2 is 2.10 bits per heavy atom. The van der Waals surface area contributed by atoms with Crippen LogP contribution in [-0.4, -0.2) is 19.3 Å². The fraction of sp³-hybridized carbons (Fsp3) is 0.462. The lowest BCUT2D eigenvalue weighted by Crippen LogP contribution is -2.35. The molecule has 6 nitrogen and oxygen atoms in total. The fourth-order valence-corrected chi connectivity index (χ4v) is 2.95. The van der Waals surface area contributed by atoms with Gasteiger partial charge in [-0.3, -0.25) is 14.0 Å². The van der Waals surface area contributed by atoms with Gasteiger partial charge in [0.15, 0.2) is 0 Å². The molecule has 0 bridgehead atoms. The molecule has 1 saturated carbocycles. The van der Waals surface area contributed by atoms with E-state index in [4.69, 9.17) is 0 Å². The van der Waals surface area contributed by atoms with Crippen molar-refractivity contribution in [2.24, 2.45) is 0 Å². The highest BCUT2D eigenvalue weighted by atomic mass is 79.9. The Kier molecular flexibility index (Phi) is 3.60. The van der Waals surface area contributed by atoms with Gasteiger partial charge in [0, 0.05) is 12.4 Å². The maximum Gasteiger partial charge on any atom is 0.328 e. The zero-order valence-electron chi connectivity index (χ0n) is 10.9. The molecular formula is C13H15BrN4O2. The summed E-state index contributed by atoms with van der Waals surface area (Å²) < 4.78 is 3.44. The Balaban J connectivity index is 1.87. The Labute approximate surface area is 123 Å². The van der Waals surface area contributed by atoms with Crippen LogP contribution in [0.15, 0.2) is 32.5 Å². The smallest absolute Gasteiger partial charge is 0.313 e. The topological polar surface area (TPSA) is 72.7 Å². The van der Waals surface area contributed by atoms with E-state index >= 15 is 0 Å². The zero-order chi connectivity index (χ0) is 14.1. The summed E-state index contributed by atoms with van der Waals surface area (Å²) in [6.07, 6.45) is 8.08. The second-order valence-electron chi connectivity index (χ2n) is 5.06. The second-order valence-corrected chi connectivity index (χ2v) is 5.91. The summed E-state index contributed by atoms with van der Waals surface area (Å²) in [6.45, 7) is 0.188. The molecule has 0 aromatic carbocycles. The van der Waals surface area contributed by atoms with E-state index in [2.05, 4.69) is 26.0 Å². The molecule has 20 heavy (non-hydrogen) atoms. The molecule has 3 rings (SSSR count). The van der Waals surface area contributed by atoms with Crippen LogP contribution >= 0.6 is 15.9 Å². The van der Waals surface area contributed by atoms with Crippen molar-refractivity contribution in [3.8, 4) is 0 Å². The minimum Gasteiger partial charge on any atom is -0.313 e. The van der Waals surface area contributed by atoms with Crippen LogP contribution in [0.4, 0.5) is 0 Å². The Hall–Kier alpha value is -1.63. The quantitative estimate of drug-likeness (QED) is 0.924. The molecule has 1 N–H and O–H groups in total. The average molecular weight is 339 g/mol. The molecule has 0 spiro atoms. The van der Waals surface area contributed by atoms with Gasteiger partial charge in [0.2, 0.25) is 0 Å². The van der Waals surface area contributed by atoms with Crippen LogP contribution in [0.5, 0.6) is 0 Å². The maximum absolute atomic E-state index is 11.9. The van der Waals surface area contributed by atoms with Gasteiger partial charge in [-0.15, -0.1) is 0 Å². The Bertz CT molecular complexity index is 724. The zero-order valence-corrected chi connectivity index (χ0v) is 12.5. The van der Waals surface area contributed by atoms with Crippen LogP contribution in [0.3, 0.4) is 0 Å². The van der Waals surface area contributed by atoms with Gasteiger partial charge in [-0.25, -0.2) is 4.79 Å². The summed E-state index contributed by atoms with van der Waals surface area (Å²) in [5, 5.41) is 4.49. The van der Waals surface area contributed by atoms with Crippen molar-refractivity contribution in [1.29, 1.82) is 0 Å². The monoisotopic (exact) mass is 338 g/mol. The maximum atomic E-state index is 11.9. The van der Waals surface area contributed by atoms with Crippen molar-refractivity contribution in [3.63, 3.8) is 0 Å². The number of aromatic nitrogens is 4. The molecule has 7 heteroatoms. The summed E-state index contributed by atoms with van der Waals surface area (Å²) in [4.78, 5) is 26.1. The highest BCUT2D eigenvalue weighted by Crippen LogP contribution is 2.28. The lowest BCUT2D eigenvalue weighted by atomic mass is 10.3. The summed E-state index contributed by atoms with van der Waals surface area (Å²) in [7, 11) is 0. The van der Waals surface area contributed by atoms with Crippen molar-refractivity contribution < 1.29 is 0 Å². The average Bonchev–Trinajstić information content (AvgIpc) is 3.09. The normalized spacial score (nSPS) is 15.8. The van der Waals surface area contributed by atoms with E-state index in [-0.39, 0.29) is 12.1 Å². The fourth-order valence-electron chi connectivity index (χ4n) is 2.63. The van der Waals surface area contributed by atoms with E-state index < -0.39 is 5.69 Å². The minimum absolute atomic E-state index is 0.188. The third-order valence-electron chi connectivity index (χ3n) is 3.70. The van der Waals surface area contributed by atoms with Crippen molar-refractivity contribution >= 4 is 15.9 Å². The lowest BCUT2D eigenvalue weighted by molar-refractivity contribution is 0.461. The van der Waals surface area contributed by atoms with Gasteiger partial charge in [0.1, 0.15) is 0 Å². The molecule has 2 heterocycles. The van der Waals surface area contributed by atoms with Gasteiger partial charge in [-0.2, -0.15) is 5.10 Å².